The lowest BCUT2D eigenvalue weighted by Crippen LogP contribution is -2.20. The average Bonchev–Trinajstić information content (AvgIpc) is 2.91. The van der Waals surface area contributed by atoms with E-state index in [0.717, 1.165) is 32.5 Å². The van der Waals surface area contributed by atoms with Crippen LogP contribution in [0.1, 0.15) is 36.9 Å². The zero-order chi connectivity index (χ0) is 12.1. The smallest absolute Gasteiger partial charge is 0.0928 e. The summed E-state index contributed by atoms with van der Waals surface area (Å²) in [5.41, 5.74) is 1.23. The molecule has 3 nitrogen and oxygen atoms in total. The molecule has 1 aromatic rings. The van der Waals surface area contributed by atoms with Crippen molar-refractivity contribution in [2.75, 3.05) is 19.7 Å². The van der Waals surface area contributed by atoms with Gasteiger partial charge in [0.1, 0.15) is 0 Å². The summed E-state index contributed by atoms with van der Waals surface area (Å²) in [7, 11) is 0. The van der Waals surface area contributed by atoms with Gasteiger partial charge in [-0.3, -0.25) is 4.90 Å². The van der Waals surface area contributed by atoms with E-state index < -0.39 is 0 Å². The lowest BCUT2D eigenvalue weighted by molar-refractivity contribution is 0.249. The average molecular weight is 254 g/mol. The molecule has 0 saturated carbocycles. The highest BCUT2D eigenvalue weighted by atomic mass is 32.1. The van der Waals surface area contributed by atoms with Crippen LogP contribution in [0.3, 0.4) is 0 Å². The monoisotopic (exact) mass is 254 g/mol. The number of thiazole rings is 1. The lowest BCUT2D eigenvalue weighted by atomic mass is 10.1. The molecule has 4 heteroatoms. The molecule has 0 spiro atoms. The summed E-state index contributed by atoms with van der Waals surface area (Å²) in [6, 6.07) is 0. The minimum Gasteiger partial charge on any atom is -0.396 e. The van der Waals surface area contributed by atoms with E-state index in [9.17, 15) is 0 Å². The van der Waals surface area contributed by atoms with Gasteiger partial charge in [0.25, 0.3) is 0 Å². The summed E-state index contributed by atoms with van der Waals surface area (Å²) in [5.74, 6) is 0.689. The molecule has 0 bridgehead atoms. The number of aliphatic hydroxyl groups is 1. The zero-order valence-corrected chi connectivity index (χ0v) is 11.4. The maximum absolute atomic E-state index is 8.94. The van der Waals surface area contributed by atoms with Gasteiger partial charge in [0.05, 0.1) is 10.7 Å². The number of aliphatic hydroxyl groups excluding tert-OH is 1. The van der Waals surface area contributed by atoms with Gasteiger partial charge in [-0.05, 0) is 38.1 Å². The van der Waals surface area contributed by atoms with E-state index >= 15 is 0 Å². The molecular weight excluding hydrogens is 232 g/mol. The topological polar surface area (TPSA) is 36.4 Å². The van der Waals surface area contributed by atoms with E-state index in [1.165, 1.54) is 23.5 Å². The van der Waals surface area contributed by atoms with Crippen LogP contribution < -0.4 is 0 Å². The molecule has 0 aromatic carbocycles. The SMILES string of the molecule is CCCc1nc(CN2CCC(CCO)C2)cs1. The molecule has 1 N–H and O–H groups in total. The fraction of sp³-hybridized carbons (Fsp3) is 0.769. The summed E-state index contributed by atoms with van der Waals surface area (Å²) in [5, 5.41) is 12.4. The summed E-state index contributed by atoms with van der Waals surface area (Å²) in [6.07, 6.45) is 4.47. The molecule has 1 fully saturated rings. The maximum atomic E-state index is 8.94. The van der Waals surface area contributed by atoms with Crippen molar-refractivity contribution in [2.45, 2.75) is 39.2 Å². The Morgan fingerprint density at radius 3 is 3.24 bits per heavy atom. The Balaban J connectivity index is 1.80. The maximum Gasteiger partial charge on any atom is 0.0928 e. The third kappa shape index (κ3) is 3.76. The Morgan fingerprint density at radius 1 is 1.59 bits per heavy atom. The number of hydrogen-bond acceptors (Lipinski definition) is 4. The number of nitrogens with zero attached hydrogens (tertiary/aromatic N) is 2. The van der Waals surface area contributed by atoms with E-state index in [1.807, 2.05) is 0 Å². The zero-order valence-electron chi connectivity index (χ0n) is 10.6. The summed E-state index contributed by atoms with van der Waals surface area (Å²) in [6.45, 7) is 5.80. The van der Waals surface area contributed by atoms with Crippen molar-refractivity contribution in [3.63, 3.8) is 0 Å². The fourth-order valence-electron chi connectivity index (χ4n) is 2.45. The van der Waals surface area contributed by atoms with Gasteiger partial charge in [-0.1, -0.05) is 6.92 Å². The fourth-order valence-corrected chi connectivity index (χ4v) is 3.35. The van der Waals surface area contributed by atoms with Gasteiger partial charge in [-0.2, -0.15) is 0 Å². The molecule has 1 unspecified atom stereocenters. The molecule has 0 aliphatic carbocycles. The molecule has 96 valence electrons. The Kier molecular flexibility index (Phi) is 4.95. The highest BCUT2D eigenvalue weighted by Gasteiger charge is 2.22. The molecule has 0 amide bonds. The molecule has 1 aliphatic rings. The first-order valence-electron chi connectivity index (χ1n) is 6.58. The van der Waals surface area contributed by atoms with Gasteiger partial charge in [0.2, 0.25) is 0 Å². The van der Waals surface area contributed by atoms with E-state index in [1.54, 1.807) is 11.3 Å². The minimum absolute atomic E-state index is 0.329. The van der Waals surface area contributed by atoms with Crippen LogP contribution in [0, 0.1) is 5.92 Å². The number of rotatable bonds is 6. The number of likely N-dealkylation sites (tertiary alicyclic amines) is 1. The van der Waals surface area contributed by atoms with Gasteiger partial charge < -0.3 is 5.11 Å². The molecule has 17 heavy (non-hydrogen) atoms. The summed E-state index contributed by atoms with van der Waals surface area (Å²) in [4.78, 5) is 7.13. The van der Waals surface area contributed by atoms with Crippen LogP contribution in [0.2, 0.25) is 0 Å². The number of hydrogen-bond donors (Lipinski definition) is 1. The highest BCUT2D eigenvalue weighted by molar-refractivity contribution is 7.09. The normalized spacial score (nSPS) is 21.2. The predicted molar refractivity (Wildman–Crippen MR) is 71.2 cm³/mol. The first-order chi connectivity index (χ1) is 8.31. The van der Waals surface area contributed by atoms with Gasteiger partial charge in [-0.15, -0.1) is 11.3 Å². The van der Waals surface area contributed by atoms with Gasteiger partial charge >= 0.3 is 0 Å². The lowest BCUT2D eigenvalue weighted by Gasteiger charge is -2.13. The third-order valence-corrected chi connectivity index (χ3v) is 4.31. The standard InChI is InChI=1S/C13H22N2OS/c1-2-3-13-14-12(10-17-13)9-15-6-4-11(8-15)5-7-16/h10-11,16H,2-9H2,1H3. The first kappa shape index (κ1) is 13.0. The summed E-state index contributed by atoms with van der Waals surface area (Å²) < 4.78 is 0. The molecule has 1 saturated heterocycles. The number of aromatic nitrogens is 1. The van der Waals surface area contributed by atoms with Crippen LogP contribution in [0.4, 0.5) is 0 Å². The molecule has 2 heterocycles. The molecule has 2 rings (SSSR count). The Morgan fingerprint density at radius 2 is 2.47 bits per heavy atom. The van der Waals surface area contributed by atoms with E-state index in [2.05, 4.69) is 22.2 Å². The van der Waals surface area contributed by atoms with Crippen molar-refractivity contribution >= 4 is 11.3 Å². The first-order valence-corrected chi connectivity index (χ1v) is 7.46. The molecule has 1 aliphatic heterocycles. The van der Waals surface area contributed by atoms with E-state index in [0.29, 0.717) is 12.5 Å². The second-order valence-corrected chi connectivity index (χ2v) is 5.83. The largest absolute Gasteiger partial charge is 0.396 e. The quantitative estimate of drug-likeness (QED) is 0.846. The van der Waals surface area contributed by atoms with Crippen LogP contribution >= 0.6 is 11.3 Å². The van der Waals surface area contributed by atoms with Crippen molar-refractivity contribution in [1.29, 1.82) is 0 Å². The third-order valence-electron chi connectivity index (χ3n) is 3.36. The Labute approximate surface area is 107 Å². The van der Waals surface area contributed by atoms with Crippen molar-refractivity contribution in [1.82, 2.24) is 9.88 Å². The van der Waals surface area contributed by atoms with Gasteiger partial charge in [0, 0.05) is 25.1 Å². The molecule has 0 radical (unpaired) electrons. The van der Waals surface area contributed by atoms with E-state index in [-0.39, 0.29) is 0 Å². The Hall–Kier alpha value is -0.450. The summed E-state index contributed by atoms with van der Waals surface area (Å²) >= 11 is 1.79. The molecular formula is C13H22N2OS. The van der Waals surface area contributed by atoms with Crippen molar-refractivity contribution in [3.8, 4) is 0 Å². The van der Waals surface area contributed by atoms with Crippen molar-refractivity contribution < 1.29 is 5.11 Å². The minimum atomic E-state index is 0.329. The van der Waals surface area contributed by atoms with Gasteiger partial charge in [0.15, 0.2) is 0 Å². The second-order valence-electron chi connectivity index (χ2n) is 4.88. The van der Waals surface area contributed by atoms with Crippen LogP contribution in [-0.4, -0.2) is 34.7 Å². The number of aryl methyl sites for hydroxylation is 1. The van der Waals surface area contributed by atoms with Crippen LogP contribution in [0.5, 0.6) is 0 Å². The Bertz CT molecular complexity index is 340. The molecule has 1 aromatic heterocycles. The van der Waals surface area contributed by atoms with Crippen molar-refractivity contribution in [2.24, 2.45) is 5.92 Å². The van der Waals surface area contributed by atoms with Crippen LogP contribution in [0.15, 0.2) is 5.38 Å². The highest BCUT2D eigenvalue weighted by Crippen LogP contribution is 2.22. The van der Waals surface area contributed by atoms with E-state index in [4.69, 9.17) is 5.11 Å². The predicted octanol–water partition coefficient (Wildman–Crippen LogP) is 2.30. The van der Waals surface area contributed by atoms with Crippen molar-refractivity contribution in [3.05, 3.63) is 16.1 Å². The molecule has 1 atom stereocenters. The second kappa shape index (κ2) is 6.47. The van der Waals surface area contributed by atoms with Gasteiger partial charge in [-0.25, -0.2) is 4.98 Å². The van der Waals surface area contributed by atoms with Crippen LogP contribution in [-0.2, 0) is 13.0 Å². The van der Waals surface area contributed by atoms with Crippen LogP contribution in [0.25, 0.3) is 0 Å².